The Labute approximate surface area is 155 Å². The van der Waals surface area contributed by atoms with Gasteiger partial charge >= 0.3 is 0 Å². The molecular formula is C20H19N3O4. The molecule has 2 amide bonds. The lowest BCUT2D eigenvalue weighted by molar-refractivity contribution is -0.122. The molecule has 0 spiro atoms. The second-order valence-corrected chi connectivity index (χ2v) is 6.11. The van der Waals surface area contributed by atoms with Crippen LogP contribution in [0.5, 0.6) is 5.75 Å². The number of hydrogen-bond donors (Lipinski definition) is 4. The molecule has 1 aromatic heterocycles. The Kier molecular flexibility index (Phi) is 5.21. The molecule has 0 fully saturated rings. The van der Waals surface area contributed by atoms with Crippen molar-refractivity contribution >= 4 is 22.7 Å². The first kappa shape index (κ1) is 18.2. The van der Waals surface area contributed by atoms with E-state index in [-0.39, 0.29) is 17.2 Å². The number of pyridine rings is 1. The molecule has 0 saturated carbocycles. The van der Waals surface area contributed by atoms with Crippen molar-refractivity contribution in [2.75, 3.05) is 7.05 Å². The van der Waals surface area contributed by atoms with Crippen LogP contribution in [0.4, 0.5) is 0 Å². The number of aromatic amines is 1. The first-order valence-electron chi connectivity index (χ1n) is 8.40. The number of carbonyl (C=O) groups excluding carboxylic acids is 2. The van der Waals surface area contributed by atoms with Gasteiger partial charge in [-0.3, -0.25) is 14.4 Å². The zero-order valence-corrected chi connectivity index (χ0v) is 14.7. The monoisotopic (exact) mass is 365 g/mol. The lowest BCUT2D eigenvalue weighted by Crippen LogP contribution is -2.47. The van der Waals surface area contributed by atoms with Crippen LogP contribution in [-0.2, 0) is 11.2 Å². The van der Waals surface area contributed by atoms with Crippen molar-refractivity contribution in [3.63, 3.8) is 0 Å². The highest BCUT2D eigenvalue weighted by atomic mass is 16.3. The Morgan fingerprint density at radius 2 is 1.85 bits per heavy atom. The van der Waals surface area contributed by atoms with E-state index in [1.54, 1.807) is 0 Å². The lowest BCUT2D eigenvalue weighted by Gasteiger charge is -2.17. The lowest BCUT2D eigenvalue weighted by atomic mass is 10.0. The molecule has 0 bridgehead atoms. The van der Waals surface area contributed by atoms with Gasteiger partial charge in [0.2, 0.25) is 5.91 Å². The van der Waals surface area contributed by atoms with Gasteiger partial charge in [0.05, 0.1) is 5.52 Å². The van der Waals surface area contributed by atoms with E-state index in [2.05, 4.69) is 15.6 Å². The van der Waals surface area contributed by atoms with Gasteiger partial charge in [0.25, 0.3) is 11.5 Å². The van der Waals surface area contributed by atoms with Crippen molar-refractivity contribution in [3.8, 4) is 5.75 Å². The van der Waals surface area contributed by atoms with Crippen LogP contribution in [0.25, 0.3) is 10.9 Å². The topological polar surface area (TPSA) is 111 Å². The van der Waals surface area contributed by atoms with E-state index < -0.39 is 17.5 Å². The zero-order valence-electron chi connectivity index (χ0n) is 14.7. The Bertz CT molecular complexity index is 1040. The van der Waals surface area contributed by atoms with Crippen molar-refractivity contribution in [3.05, 3.63) is 76.1 Å². The largest absolute Gasteiger partial charge is 0.507 e. The number of rotatable bonds is 5. The minimum atomic E-state index is -0.746. The Balaban J connectivity index is 1.85. The summed E-state index contributed by atoms with van der Waals surface area (Å²) in [6, 6.07) is 14.2. The highest BCUT2D eigenvalue weighted by molar-refractivity contribution is 6.01. The second kappa shape index (κ2) is 7.74. The highest BCUT2D eigenvalue weighted by Crippen LogP contribution is 2.22. The van der Waals surface area contributed by atoms with Gasteiger partial charge in [0.1, 0.15) is 11.8 Å². The average Bonchev–Trinajstić information content (AvgIpc) is 2.67. The molecule has 7 heteroatoms. The first-order chi connectivity index (χ1) is 13.0. The number of nitrogens with one attached hydrogen (secondary N) is 3. The van der Waals surface area contributed by atoms with E-state index in [1.807, 2.05) is 30.3 Å². The van der Waals surface area contributed by atoms with Gasteiger partial charge in [-0.2, -0.15) is 0 Å². The molecule has 3 rings (SSSR count). The van der Waals surface area contributed by atoms with Crippen LogP contribution in [0.15, 0.2) is 59.4 Å². The molecule has 0 radical (unpaired) electrons. The predicted octanol–water partition coefficient (Wildman–Crippen LogP) is 1.32. The molecule has 0 aliphatic carbocycles. The number of benzene rings is 2. The van der Waals surface area contributed by atoms with E-state index in [4.69, 9.17) is 0 Å². The number of aromatic hydroxyl groups is 1. The predicted molar refractivity (Wildman–Crippen MR) is 102 cm³/mol. The number of H-pyrrole nitrogens is 1. The van der Waals surface area contributed by atoms with Crippen LogP contribution in [0.3, 0.4) is 0 Å². The Morgan fingerprint density at radius 1 is 1.11 bits per heavy atom. The van der Waals surface area contributed by atoms with Crippen molar-refractivity contribution in [1.82, 2.24) is 15.6 Å². The maximum atomic E-state index is 12.6. The minimum Gasteiger partial charge on any atom is -0.507 e. The number of likely N-dealkylation sites (N-methyl/N-ethyl adjacent to an activating group) is 1. The fourth-order valence-electron chi connectivity index (χ4n) is 2.85. The van der Waals surface area contributed by atoms with E-state index in [0.29, 0.717) is 17.3 Å². The second-order valence-electron chi connectivity index (χ2n) is 6.11. The quantitative estimate of drug-likeness (QED) is 0.546. The number of carbonyl (C=O) groups is 2. The number of aromatic nitrogens is 1. The first-order valence-corrected chi connectivity index (χ1v) is 8.40. The SMILES string of the molecule is CNC(=O)[C@H](Cc1ccccc1)NC(=O)c1ccc2[nH]c(=O)cc(O)c2c1. The molecule has 27 heavy (non-hydrogen) atoms. The third kappa shape index (κ3) is 4.14. The Morgan fingerprint density at radius 3 is 2.56 bits per heavy atom. The third-order valence-electron chi connectivity index (χ3n) is 4.23. The molecule has 0 aliphatic heterocycles. The highest BCUT2D eigenvalue weighted by Gasteiger charge is 2.21. The van der Waals surface area contributed by atoms with Crippen LogP contribution >= 0.6 is 0 Å². The molecule has 2 aromatic carbocycles. The van der Waals surface area contributed by atoms with Crippen molar-refractivity contribution in [1.29, 1.82) is 0 Å². The van der Waals surface area contributed by atoms with Gasteiger partial charge in [0.15, 0.2) is 0 Å². The zero-order chi connectivity index (χ0) is 19.4. The molecule has 138 valence electrons. The van der Waals surface area contributed by atoms with Gasteiger partial charge in [-0.05, 0) is 23.8 Å². The number of hydrogen-bond acceptors (Lipinski definition) is 4. The van der Waals surface area contributed by atoms with Crippen LogP contribution in [0.2, 0.25) is 0 Å². The number of amides is 2. The molecule has 1 heterocycles. The van der Waals surface area contributed by atoms with Crippen LogP contribution in [-0.4, -0.2) is 35.0 Å². The van der Waals surface area contributed by atoms with E-state index in [1.165, 1.54) is 25.2 Å². The fraction of sp³-hybridized carbons (Fsp3) is 0.150. The minimum absolute atomic E-state index is 0.212. The summed E-state index contributed by atoms with van der Waals surface area (Å²) in [7, 11) is 1.51. The third-order valence-corrected chi connectivity index (χ3v) is 4.23. The fourth-order valence-corrected chi connectivity index (χ4v) is 2.85. The molecule has 0 saturated heterocycles. The van der Waals surface area contributed by atoms with Gasteiger partial charge in [-0.15, -0.1) is 0 Å². The summed E-state index contributed by atoms with van der Waals surface area (Å²) in [5.41, 5.74) is 1.18. The summed E-state index contributed by atoms with van der Waals surface area (Å²) < 4.78 is 0. The molecule has 3 aromatic rings. The maximum Gasteiger partial charge on any atom is 0.252 e. The normalized spacial score (nSPS) is 11.7. The molecular weight excluding hydrogens is 346 g/mol. The van der Waals surface area contributed by atoms with Gasteiger partial charge < -0.3 is 20.7 Å². The maximum absolute atomic E-state index is 12.6. The van der Waals surface area contributed by atoms with E-state index in [9.17, 15) is 19.5 Å². The van der Waals surface area contributed by atoms with E-state index >= 15 is 0 Å². The summed E-state index contributed by atoms with van der Waals surface area (Å²) >= 11 is 0. The molecule has 0 unspecified atom stereocenters. The average molecular weight is 365 g/mol. The van der Waals surface area contributed by atoms with Crippen molar-refractivity contribution in [2.45, 2.75) is 12.5 Å². The summed E-state index contributed by atoms with van der Waals surface area (Å²) in [4.78, 5) is 38.8. The van der Waals surface area contributed by atoms with Crippen molar-refractivity contribution < 1.29 is 14.7 Å². The molecule has 7 nitrogen and oxygen atoms in total. The standard InChI is InChI=1S/C20H19N3O4/c1-21-20(27)16(9-12-5-3-2-4-6-12)23-19(26)13-7-8-15-14(10-13)17(24)11-18(25)22-15/h2-8,10-11,16H,9H2,1H3,(H,21,27)(H,23,26)(H2,22,24,25)/t16-/m0/s1. The molecule has 4 N–H and O–H groups in total. The summed E-state index contributed by atoms with van der Waals surface area (Å²) in [6.07, 6.45) is 0.346. The van der Waals surface area contributed by atoms with Crippen molar-refractivity contribution in [2.24, 2.45) is 0 Å². The van der Waals surface area contributed by atoms with Gasteiger partial charge in [-0.1, -0.05) is 30.3 Å². The van der Waals surface area contributed by atoms with E-state index in [0.717, 1.165) is 11.6 Å². The number of fused-ring (bicyclic) bond motifs is 1. The molecule has 0 aliphatic rings. The van der Waals surface area contributed by atoms with Gasteiger partial charge in [-0.25, -0.2) is 0 Å². The smallest absolute Gasteiger partial charge is 0.252 e. The summed E-state index contributed by atoms with van der Waals surface area (Å²) in [5.74, 6) is -0.970. The van der Waals surface area contributed by atoms with Crippen LogP contribution in [0.1, 0.15) is 15.9 Å². The molecule has 1 atom stereocenters. The van der Waals surface area contributed by atoms with Crippen LogP contribution < -0.4 is 16.2 Å². The Hall–Kier alpha value is -3.61. The summed E-state index contributed by atoms with van der Waals surface area (Å²) in [5, 5.41) is 15.6. The van der Waals surface area contributed by atoms with Gasteiger partial charge in [0, 0.05) is 30.5 Å². The summed E-state index contributed by atoms with van der Waals surface area (Å²) in [6.45, 7) is 0. The van der Waals surface area contributed by atoms with Crippen LogP contribution in [0, 0.1) is 0 Å².